The molecule has 0 saturated carbocycles. The molecule has 0 heterocycles. The van der Waals surface area contributed by atoms with Crippen molar-refractivity contribution in [3.05, 3.63) is 71.5 Å². The number of nitrogens with two attached hydrogens (primary N) is 1. The largest absolute Gasteiger partial charge is 0.408 e. The zero-order valence-corrected chi connectivity index (χ0v) is 17.0. The van der Waals surface area contributed by atoms with Crippen LogP contribution < -0.4 is 11.1 Å². The van der Waals surface area contributed by atoms with Crippen molar-refractivity contribution in [3.63, 3.8) is 0 Å². The van der Waals surface area contributed by atoms with Crippen LogP contribution in [0, 0.1) is 5.82 Å². The minimum Gasteiger partial charge on any atom is -0.366 e. The Labute approximate surface area is 179 Å². The van der Waals surface area contributed by atoms with Gasteiger partial charge in [-0.15, -0.1) is 0 Å². The molecule has 0 aliphatic heterocycles. The van der Waals surface area contributed by atoms with Gasteiger partial charge in [-0.25, -0.2) is 12.8 Å². The molecule has 1 amide bonds. The maximum atomic E-state index is 13.7. The Hall–Kier alpha value is -2.64. The maximum absolute atomic E-state index is 13.7. The fourth-order valence-electron chi connectivity index (χ4n) is 2.89. The molecule has 0 fully saturated rings. The first kappa shape index (κ1) is 25.6. The van der Waals surface area contributed by atoms with Gasteiger partial charge in [0.1, 0.15) is 17.6 Å². The maximum Gasteiger partial charge on any atom is 0.408 e. The van der Waals surface area contributed by atoms with Crippen molar-refractivity contribution in [1.82, 2.24) is 5.32 Å². The van der Waals surface area contributed by atoms with Gasteiger partial charge in [0, 0.05) is 0 Å². The highest BCUT2D eigenvalue weighted by Gasteiger charge is 2.52. The number of sulfone groups is 1. The lowest BCUT2D eigenvalue weighted by atomic mass is 10.0. The first-order chi connectivity index (χ1) is 14.7. The molecule has 0 aliphatic rings. The third kappa shape index (κ3) is 6.93. The lowest BCUT2D eigenvalue weighted by Gasteiger charge is -2.35. The molecule has 0 aromatic heterocycles. The highest BCUT2D eigenvalue weighted by Crippen LogP contribution is 2.35. The molecule has 32 heavy (non-hydrogen) atoms. The Morgan fingerprint density at radius 2 is 1.59 bits per heavy atom. The average Bonchev–Trinajstić information content (AvgIpc) is 2.65. The number of hydrogen-bond acceptors (Lipinski definition) is 5. The molecule has 0 bridgehead atoms. The fraction of sp³-hybridized carbons (Fsp3) is 0.316. The molecular formula is C19H18F6N2O4S. The number of primary amides is 1. The van der Waals surface area contributed by atoms with Gasteiger partial charge in [-0.05, 0) is 23.3 Å². The van der Waals surface area contributed by atoms with Crippen molar-refractivity contribution in [2.24, 2.45) is 5.73 Å². The van der Waals surface area contributed by atoms with Crippen molar-refractivity contribution in [2.75, 3.05) is 5.75 Å². The summed E-state index contributed by atoms with van der Waals surface area (Å²) >= 11 is 0. The molecule has 0 aliphatic carbocycles. The van der Waals surface area contributed by atoms with Crippen LogP contribution >= 0.6 is 0 Å². The summed E-state index contributed by atoms with van der Waals surface area (Å²) in [4.78, 5) is 12.0. The summed E-state index contributed by atoms with van der Waals surface area (Å²) in [5.41, 5.74) is 1.11. The van der Waals surface area contributed by atoms with E-state index < -0.39 is 63.2 Å². The fourth-order valence-corrected chi connectivity index (χ4v) is 4.61. The Bertz CT molecular complexity index is 1020. The number of hydrogen-bond donors (Lipinski definition) is 2. The van der Waals surface area contributed by atoms with Crippen molar-refractivity contribution in [3.8, 4) is 0 Å². The average molecular weight is 484 g/mol. The van der Waals surface area contributed by atoms with Crippen molar-refractivity contribution in [2.45, 2.75) is 30.3 Å². The zero-order valence-electron chi connectivity index (χ0n) is 16.2. The summed E-state index contributed by atoms with van der Waals surface area (Å²) in [6.07, 6.45) is -5.23. The quantitative estimate of drug-likeness (QED) is 0.399. The number of benzene rings is 2. The molecule has 0 radical (unpaired) electrons. The van der Waals surface area contributed by atoms with Gasteiger partial charge in [0.2, 0.25) is 5.72 Å². The van der Waals surface area contributed by atoms with Crippen molar-refractivity contribution >= 4 is 15.7 Å². The lowest BCUT2D eigenvalue weighted by molar-refractivity contribution is -0.230. The Kier molecular flexibility index (Phi) is 7.91. The number of alkyl halides is 5. The van der Waals surface area contributed by atoms with Crippen LogP contribution in [-0.4, -0.2) is 38.6 Å². The normalized spacial score (nSPS) is 15.3. The zero-order chi connectivity index (χ0) is 24.2. The molecule has 3 N–H and O–H groups in total. The van der Waals surface area contributed by atoms with E-state index in [2.05, 4.69) is 4.74 Å². The number of rotatable bonds is 10. The Balaban J connectivity index is 2.50. The van der Waals surface area contributed by atoms with Crippen LogP contribution in [0.3, 0.4) is 0 Å². The van der Waals surface area contributed by atoms with Crippen LogP contribution in [0.2, 0.25) is 0 Å². The van der Waals surface area contributed by atoms with Gasteiger partial charge >= 0.3 is 12.8 Å². The van der Waals surface area contributed by atoms with Gasteiger partial charge in [-0.3, -0.25) is 14.8 Å². The van der Waals surface area contributed by atoms with Gasteiger partial charge in [0.15, 0.2) is 9.84 Å². The molecule has 0 spiro atoms. The predicted molar refractivity (Wildman–Crippen MR) is 101 cm³/mol. The second kappa shape index (κ2) is 9.88. The number of halogens is 6. The summed E-state index contributed by atoms with van der Waals surface area (Å²) in [6, 6.07) is 7.11. The SMILES string of the molecule is NC(=O)[C@@](CS(=O)(=O)Cc1ccccc1)(N[C@@H](c1ccc(F)cc1)C(F)(F)F)OC(F)F. The lowest BCUT2D eigenvalue weighted by Crippen LogP contribution is -2.64. The van der Waals surface area contributed by atoms with E-state index in [4.69, 9.17) is 5.73 Å². The number of nitrogens with one attached hydrogen (secondary N) is 1. The summed E-state index contributed by atoms with van der Waals surface area (Å²) in [7, 11) is -4.51. The van der Waals surface area contributed by atoms with Gasteiger partial charge in [-0.1, -0.05) is 42.5 Å². The molecule has 2 aromatic rings. The number of carbonyl (C=O) groups excluding carboxylic acids is 1. The van der Waals surface area contributed by atoms with Gasteiger partial charge in [-0.2, -0.15) is 22.0 Å². The van der Waals surface area contributed by atoms with Crippen molar-refractivity contribution < 1.29 is 44.3 Å². The van der Waals surface area contributed by atoms with Crippen LogP contribution in [0.1, 0.15) is 17.2 Å². The van der Waals surface area contributed by atoms with Crippen LogP contribution in [-0.2, 0) is 25.1 Å². The molecule has 13 heteroatoms. The van der Waals surface area contributed by atoms with Gasteiger partial charge < -0.3 is 5.73 Å². The van der Waals surface area contributed by atoms with E-state index in [1.807, 2.05) is 0 Å². The summed E-state index contributed by atoms with van der Waals surface area (Å²) in [5, 5.41) is 1.51. The number of ether oxygens (including phenoxy) is 1. The molecule has 176 valence electrons. The minimum atomic E-state index is -5.23. The van der Waals surface area contributed by atoms with Crippen molar-refractivity contribution in [1.29, 1.82) is 0 Å². The molecule has 0 saturated heterocycles. The molecular weight excluding hydrogens is 466 g/mol. The van der Waals surface area contributed by atoms with Crippen LogP contribution in [0.5, 0.6) is 0 Å². The van der Waals surface area contributed by atoms with Gasteiger partial charge in [0.05, 0.1) is 5.75 Å². The number of amides is 1. The second-order valence-electron chi connectivity index (χ2n) is 6.76. The van der Waals surface area contributed by atoms with Crippen LogP contribution in [0.15, 0.2) is 54.6 Å². The predicted octanol–water partition coefficient (Wildman–Crippen LogP) is 3.05. The molecule has 6 nitrogen and oxygen atoms in total. The monoisotopic (exact) mass is 484 g/mol. The van der Waals surface area contributed by atoms with E-state index in [0.29, 0.717) is 24.3 Å². The first-order valence-electron chi connectivity index (χ1n) is 8.84. The van der Waals surface area contributed by atoms with Crippen LogP contribution in [0.4, 0.5) is 26.3 Å². The molecule has 2 rings (SSSR count). The third-order valence-electron chi connectivity index (χ3n) is 4.25. The smallest absolute Gasteiger partial charge is 0.366 e. The topological polar surface area (TPSA) is 98.5 Å². The van der Waals surface area contributed by atoms with E-state index >= 15 is 0 Å². The Morgan fingerprint density at radius 1 is 1.03 bits per heavy atom. The number of carbonyl (C=O) groups is 1. The van der Waals surface area contributed by atoms with E-state index in [0.717, 1.165) is 0 Å². The third-order valence-corrected chi connectivity index (χ3v) is 5.87. The van der Waals surface area contributed by atoms with E-state index in [1.54, 1.807) is 6.07 Å². The summed E-state index contributed by atoms with van der Waals surface area (Å²) < 4.78 is 110. The van der Waals surface area contributed by atoms with E-state index in [9.17, 15) is 39.6 Å². The van der Waals surface area contributed by atoms with Gasteiger partial charge in [0.25, 0.3) is 5.91 Å². The van der Waals surface area contributed by atoms with E-state index in [-0.39, 0.29) is 5.56 Å². The highest BCUT2D eigenvalue weighted by molar-refractivity contribution is 7.90. The molecule has 0 unspecified atom stereocenters. The van der Waals surface area contributed by atoms with E-state index in [1.165, 1.54) is 29.6 Å². The summed E-state index contributed by atoms with van der Waals surface area (Å²) in [6.45, 7) is -3.86. The molecule has 2 atom stereocenters. The summed E-state index contributed by atoms with van der Waals surface area (Å²) in [5.74, 6) is -5.21. The minimum absolute atomic E-state index is 0.189. The highest BCUT2D eigenvalue weighted by atomic mass is 32.2. The standard InChI is InChI=1S/C19H18F6N2O4S/c20-14-8-6-13(7-9-14)15(19(23,24)25)27-18(16(26)28,31-17(21)22)11-32(29,30)10-12-4-2-1-3-5-12/h1-9,15,17,27H,10-11H2,(H2,26,28)/t15-,18-/m0/s1. The first-order valence-corrected chi connectivity index (χ1v) is 10.7. The Morgan fingerprint density at radius 3 is 2.06 bits per heavy atom. The second-order valence-corrected chi connectivity index (χ2v) is 8.82. The van der Waals surface area contributed by atoms with Crippen LogP contribution in [0.25, 0.3) is 0 Å². The molecule has 2 aromatic carbocycles.